The van der Waals surface area contributed by atoms with E-state index in [1.807, 2.05) is 36.2 Å². The second-order valence-electron chi connectivity index (χ2n) is 3.69. The van der Waals surface area contributed by atoms with E-state index in [1.165, 1.54) is 12.4 Å². The lowest BCUT2D eigenvalue weighted by Crippen LogP contribution is -2.13. The van der Waals surface area contributed by atoms with Crippen LogP contribution in [-0.2, 0) is 0 Å². The Morgan fingerprint density at radius 2 is 2.00 bits per heavy atom. The van der Waals surface area contributed by atoms with Crippen molar-refractivity contribution < 1.29 is 9.53 Å². The average Bonchev–Trinajstić information content (AvgIpc) is 2.46. The van der Waals surface area contributed by atoms with E-state index in [9.17, 15) is 4.79 Å². The van der Waals surface area contributed by atoms with E-state index in [0.29, 0.717) is 11.5 Å². The molecule has 0 saturated carbocycles. The molecule has 92 valence electrons. The number of aldehydes is 1. The SMILES string of the molecule is COc1cccc(N(C)c2ncc(C=O)cn2)c1. The third-order valence-corrected chi connectivity index (χ3v) is 2.53. The maximum absolute atomic E-state index is 10.5. The summed E-state index contributed by atoms with van der Waals surface area (Å²) in [5, 5.41) is 0. The molecule has 1 aromatic heterocycles. The van der Waals surface area contributed by atoms with Crippen molar-refractivity contribution in [2.45, 2.75) is 0 Å². The fourth-order valence-electron chi connectivity index (χ4n) is 1.50. The Kier molecular flexibility index (Phi) is 3.52. The zero-order chi connectivity index (χ0) is 13.0. The smallest absolute Gasteiger partial charge is 0.229 e. The number of nitrogens with zero attached hydrogens (tertiary/aromatic N) is 3. The second-order valence-corrected chi connectivity index (χ2v) is 3.69. The molecule has 0 spiro atoms. The standard InChI is InChI=1S/C13H13N3O2/c1-16(11-4-3-5-12(6-11)18-2)13-14-7-10(9-17)8-15-13/h3-9H,1-2H3. The van der Waals surface area contributed by atoms with Gasteiger partial charge in [-0.1, -0.05) is 6.07 Å². The number of aromatic nitrogens is 2. The summed E-state index contributed by atoms with van der Waals surface area (Å²) in [5.41, 5.74) is 1.37. The van der Waals surface area contributed by atoms with E-state index in [4.69, 9.17) is 4.74 Å². The number of benzene rings is 1. The first-order chi connectivity index (χ1) is 8.74. The van der Waals surface area contributed by atoms with Gasteiger partial charge in [0.25, 0.3) is 0 Å². The maximum atomic E-state index is 10.5. The van der Waals surface area contributed by atoms with Crippen molar-refractivity contribution >= 4 is 17.9 Å². The van der Waals surface area contributed by atoms with Gasteiger partial charge in [-0.2, -0.15) is 0 Å². The lowest BCUT2D eigenvalue weighted by molar-refractivity contribution is 0.112. The van der Waals surface area contributed by atoms with Crippen molar-refractivity contribution in [2.24, 2.45) is 0 Å². The van der Waals surface area contributed by atoms with Crippen molar-refractivity contribution in [3.63, 3.8) is 0 Å². The Balaban J connectivity index is 2.28. The monoisotopic (exact) mass is 243 g/mol. The van der Waals surface area contributed by atoms with Gasteiger partial charge < -0.3 is 9.64 Å². The van der Waals surface area contributed by atoms with Gasteiger partial charge in [-0.15, -0.1) is 0 Å². The van der Waals surface area contributed by atoms with Gasteiger partial charge in [0.1, 0.15) is 5.75 Å². The van der Waals surface area contributed by atoms with E-state index in [1.54, 1.807) is 7.11 Å². The van der Waals surface area contributed by atoms with Crippen LogP contribution in [0, 0.1) is 0 Å². The van der Waals surface area contributed by atoms with Crippen LogP contribution in [0.2, 0.25) is 0 Å². The van der Waals surface area contributed by atoms with E-state index >= 15 is 0 Å². The Bertz CT molecular complexity index is 540. The minimum Gasteiger partial charge on any atom is -0.497 e. The Morgan fingerprint density at radius 1 is 1.28 bits per heavy atom. The molecule has 0 saturated heterocycles. The molecule has 0 aliphatic rings. The molecule has 1 heterocycles. The second kappa shape index (κ2) is 5.27. The van der Waals surface area contributed by atoms with Gasteiger partial charge in [-0.05, 0) is 12.1 Å². The molecule has 0 aliphatic heterocycles. The zero-order valence-corrected chi connectivity index (χ0v) is 10.2. The summed E-state index contributed by atoms with van der Waals surface area (Å²) in [4.78, 5) is 20.6. The van der Waals surface area contributed by atoms with Gasteiger partial charge >= 0.3 is 0 Å². The number of methoxy groups -OCH3 is 1. The molecular formula is C13H13N3O2. The molecule has 0 amide bonds. The van der Waals surface area contributed by atoms with Gasteiger partial charge in [0.2, 0.25) is 5.95 Å². The minimum atomic E-state index is 0.456. The maximum Gasteiger partial charge on any atom is 0.229 e. The quantitative estimate of drug-likeness (QED) is 0.769. The third-order valence-electron chi connectivity index (χ3n) is 2.53. The fraction of sp³-hybridized carbons (Fsp3) is 0.154. The van der Waals surface area contributed by atoms with Crippen LogP contribution in [0.1, 0.15) is 10.4 Å². The van der Waals surface area contributed by atoms with E-state index in [2.05, 4.69) is 9.97 Å². The van der Waals surface area contributed by atoms with Crippen LogP contribution in [0.5, 0.6) is 5.75 Å². The molecule has 0 atom stereocenters. The molecule has 5 nitrogen and oxygen atoms in total. The number of carbonyl (C=O) groups is 1. The lowest BCUT2D eigenvalue weighted by Gasteiger charge is -2.17. The predicted octanol–water partition coefficient (Wildman–Crippen LogP) is 2.07. The molecule has 5 heteroatoms. The highest BCUT2D eigenvalue weighted by atomic mass is 16.5. The molecule has 2 aromatic rings. The van der Waals surface area contributed by atoms with Crippen molar-refractivity contribution in [1.29, 1.82) is 0 Å². The van der Waals surface area contributed by atoms with Crippen molar-refractivity contribution in [3.8, 4) is 5.75 Å². The Hall–Kier alpha value is -2.43. The van der Waals surface area contributed by atoms with Gasteiger partial charge in [0, 0.05) is 31.2 Å². The summed E-state index contributed by atoms with van der Waals surface area (Å²) < 4.78 is 5.16. The highest BCUT2D eigenvalue weighted by Crippen LogP contribution is 2.23. The molecule has 18 heavy (non-hydrogen) atoms. The van der Waals surface area contributed by atoms with E-state index < -0.39 is 0 Å². The van der Waals surface area contributed by atoms with Crippen molar-refractivity contribution in [3.05, 3.63) is 42.2 Å². The van der Waals surface area contributed by atoms with Gasteiger partial charge in [0.05, 0.1) is 12.7 Å². The molecule has 0 unspecified atom stereocenters. The number of ether oxygens (including phenoxy) is 1. The summed E-state index contributed by atoms with van der Waals surface area (Å²) in [5.74, 6) is 1.29. The fourth-order valence-corrected chi connectivity index (χ4v) is 1.50. The molecule has 0 radical (unpaired) electrons. The summed E-state index contributed by atoms with van der Waals surface area (Å²) in [6.07, 6.45) is 3.70. The van der Waals surface area contributed by atoms with Crippen molar-refractivity contribution in [1.82, 2.24) is 9.97 Å². The first kappa shape index (κ1) is 12.0. The van der Waals surface area contributed by atoms with Gasteiger partial charge in [0.15, 0.2) is 6.29 Å². The first-order valence-corrected chi connectivity index (χ1v) is 5.39. The molecule has 0 aliphatic carbocycles. The van der Waals surface area contributed by atoms with Crippen LogP contribution in [-0.4, -0.2) is 30.4 Å². The number of hydrogen-bond acceptors (Lipinski definition) is 5. The van der Waals surface area contributed by atoms with Crippen LogP contribution >= 0.6 is 0 Å². The van der Waals surface area contributed by atoms with Crippen LogP contribution in [0.25, 0.3) is 0 Å². The number of rotatable bonds is 4. The van der Waals surface area contributed by atoms with Crippen LogP contribution < -0.4 is 9.64 Å². The van der Waals surface area contributed by atoms with Crippen LogP contribution in [0.15, 0.2) is 36.7 Å². The Morgan fingerprint density at radius 3 is 2.61 bits per heavy atom. The lowest BCUT2D eigenvalue weighted by atomic mass is 10.3. The highest BCUT2D eigenvalue weighted by Gasteiger charge is 2.07. The molecule has 0 bridgehead atoms. The summed E-state index contributed by atoms with van der Waals surface area (Å²) in [7, 11) is 3.47. The van der Waals surface area contributed by atoms with E-state index in [0.717, 1.165) is 17.7 Å². The summed E-state index contributed by atoms with van der Waals surface area (Å²) in [6, 6.07) is 7.58. The third kappa shape index (κ3) is 2.45. The Labute approximate surface area is 105 Å². The summed E-state index contributed by atoms with van der Waals surface area (Å²) in [6.45, 7) is 0. The van der Waals surface area contributed by atoms with E-state index in [-0.39, 0.29) is 0 Å². The van der Waals surface area contributed by atoms with Gasteiger partial charge in [-0.25, -0.2) is 9.97 Å². The molecular weight excluding hydrogens is 230 g/mol. The topological polar surface area (TPSA) is 55.3 Å². The number of carbonyl (C=O) groups excluding carboxylic acids is 1. The molecule has 1 aromatic carbocycles. The average molecular weight is 243 g/mol. The zero-order valence-electron chi connectivity index (χ0n) is 10.2. The first-order valence-electron chi connectivity index (χ1n) is 5.39. The minimum absolute atomic E-state index is 0.456. The number of anilines is 2. The highest BCUT2D eigenvalue weighted by molar-refractivity contribution is 5.73. The normalized spacial score (nSPS) is 9.89. The van der Waals surface area contributed by atoms with Crippen LogP contribution in [0.3, 0.4) is 0 Å². The predicted molar refractivity (Wildman–Crippen MR) is 68.5 cm³/mol. The van der Waals surface area contributed by atoms with Crippen molar-refractivity contribution in [2.75, 3.05) is 19.1 Å². The summed E-state index contributed by atoms with van der Waals surface area (Å²) >= 11 is 0. The molecule has 0 N–H and O–H groups in total. The van der Waals surface area contributed by atoms with Crippen LogP contribution in [0.4, 0.5) is 11.6 Å². The molecule has 0 fully saturated rings. The molecule has 2 rings (SSSR count). The number of hydrogen-bond donors (Lipinski definition) is 0. The van der Waals surface area contributed by atoms with Gasteiger partial charge in [-0.3, -0.25) is 4.79 Å². The largest absolute Gasteiger partial charge is 0.497 e.